The van der Waals surface area contributed by atoms with Crippen LogP contribution in [0.15, 0.2) is 34.4 Å². The molecule has 0 aliphatic heterocycles. The molecular formula is C14H15N5O2S. The van der Waals surface area contributed by atoms with Crippen molar-refractivity contribution in [2.45, 2.75) is 19.9 Å². The molecule has 0 spiro atoms. The highest BCUT2D eigenvalue weighted by Crippen LogP contribution is 2.21. The summed E-state index contributed by atoms with van der Waals surface area (Å²) in [6.07, 6.45) is 4.48. The number of aromatic nitrogens is 4. The van der Waals surface area contributed by atoms with Gasteiger partial charge in [-0.15, -0.1) is 11.3 Å². The standard InChI is InChI=1S/C14H15N5O2S/c1-10-15-6-8-19(10)7-3-5-16-13(20)14-17-12(18-21-14)11-4-2-9-22-11/h2,4,6,8-9H,3,5,7H2,1H3,(H,16,20). The maximum atomic E-state index is 11.9. The van der Waals surface area contributed by atoms with Gasteiger partial charge in [0.15, 0.2) is 0 Å². The number of nitrogens with zero attached hydrogens (tertiary/aromatic N) is 4. The largest absolute Gasteiger partial charge is 0.348 e. The number of hydrogen-bond donors (Lipinski definition) is 1. The number of imidazole rings is 1. The lowest BCUT2D eigenvalue weighted by molar-refractivity contribution is 0.0909. The van der Waals surface area contributed by atoms with Gasteiger partial charge in [-0.05, 0) is 24.8 Å². The molecule has 1 N–H and O–H groups in total. The van der Waals surface area contributed by atoms with Crippen LogP contribution in [0.1, 0.15) is 22.9 Å². The first-order valence-corrected chi connectivity index (χ1v) is 7.75. The number of aryl methyl sites for hydroxylation is 2. The van der Waals surface area contributed by atoms with E-state index in [9.17, 15) is 4.79 Å². The summed E-state index contributed by atoms with van der Waals surface area (Å²) in [6.45, 7) is 3.28. The summed E-state index contributed by atoms with van der Waals surface area (Å²) < 4.78 is 7.03. The van der Waals surface area contributed by atoms with Crippen molar-refractivity contribution in [3.63, 3.8) is 0 Å². The van der Waals surface area contributed by atoms with Gasteiger partial charge in [-0.2, -0.15) is 4.98 Å². The summed E-state index contributed by atoms with van der Waals surface area (Å²) in [4.78, 5) is 21.1. The Morgan fingerprint density at radius 2 is 2.41 bits per heavy atom. The maximum absolute atomic E-state index is 11.9. The van der Waals surface area contributed by atoms with Gasteiger partial charge in [-0.25, -0.2) is 4.98 Å². The van der Waals surface area contributed by atoms with E-state index in [2.05, 4.69) is 20.4 Å². The number of nitrogens with one attached hydrogen (secondary N) is 1. The summed E-state index contributed by atoms with van der Waals surface area (Å²) >= 11 is 1.50. The van der Waals surface area contributed by atoms with E-state index in [1.54, 1.807) is 6.20 Å². The van der Waals surface area contributed by atoms with Crippen LogP contribution in [-0.4, -0.2) is 32.1 Å². The number of amides is 1. The zero-order valence-electron chi connectivity index (χ0n) is 12.0. The first-order chi connectivity index (χ1) is 10.7. The third kappa shape index (κ3) is 3.22. The van der Waals surface area contributed by atoms with E-state index in [0.29, 0.717) is 12.4 Å². The number of rotatable bonds is 6. The van der Waals surface area contributed by atoms with Gasteiger partial charge in [0, 0.05) is 25.5 Å². The van der Waals surface area contributed by atoms with Crippen molar-refractivity contribution >= 4 is 17.2 Å². The Balaban J connectivity index is 1.49. The van der Waals surface area contributed by atoms with Gasteiger partial charge >= 0.3 is 11.8 Å². The monoisotopic (exact) mass is 317 g/mol. The molecule has 0 radical (unpaired) electrons. The second kappa shape index (κ2) is 6.52. The van der Waals surface area contributed by atoms with Crippen LogP contribution in [0.25, 0.3) is 10.7 Å². The van der Waals surface area contributed by atoms with Gasteiger partial charge in [-0.1, -0.05) is 11.2 Å². The quantitative estimate of drug-likeness (QED) is 0.704. The molecule has 0 fully saturated rings. The lowest BCUT2D eigenvalue weighted by Crippen LogP contribution is -2.25. The van der Waals surface area contributed by atoms with E-state index in [0.717, 1.165) is 23.7 Å². The smallest absolute Gasteiger partial charge is 0.316 e. The summed E-state index contributed by atoms with van der Waals surface area (Å²) in [5.74, 6) is 1.04. The van der Waals surface area contributed by atoms with Crippen LogP contribution in [-0.2, 0) is 6.54 Å². The lowest BCUT2D eigenvalue weighted by Gasteiger charge is -2.05. The van der Waals surface area contributed by atoms with Crippen molar-refractivity contribution in [1.29, 1.82) is 0 Å². The fourth-order valence-corrected chi connectivity index (χ4v) is 2.64. The van der Waals surface area contributed by atoms with Gasteiger partial charge in [0.1, 0.15) is 5.82 Å². The summed E-state index contributed by atoms with van der Waals surface area (Å²) in [5.41, 5.74) is 0. The molecule has 114 valence electrons. The molecule has 3 heterocycles. The Hall–Kier alpha value is -2.48. The van der Waals surface area contributed by atoms with Crippen LogP contribution in [0.2, 0.25) is 0 Å². The third-order valence-electron chi connectivity index (χ3n) is 3.15. The minimum Gasteiger partial charge on any atom is -0.348 e. The Morgan fingerprint density at radius 3 is 3.14 bits per heavy atom. The summed E-state index contributed by atoms with van der Waals surface area (Å²) in [5, 5.41) is 8.51. The van der Waals surface area contributed by atoms with E-state index in [-0.39, 0.29) is 11.8 Å². The maximum Gasteiger partial charge on any atom is 0.316 e. The average Bonchev–Trinajstić information content (AvgIpc) is 3.24. The summed E-state index contributed by atoms with van der Waals surface area (Å²) in [6, 6.07) is 3.78. The molecule has 0 saturated heterocycles. The van der Waals surface area contributed by atoms with Crippen molar-refractivity contribution < 1.29 is 9.32 Å². The fourth-order valence-electron chi connectivity index (χ4n) is 1.99. The molecule has 0 aromatic carbocycles. The molecule has 22 heavy (non-hydrogen) atoms. The summed E-state index contributed by atoms with van der Waals surface area (Å²) in [7, 11) is 0. The van der Waals surface area contributed by atoms with Crippen molar-refractivity contribution in [1.82, 2.24) is 25.0 Å². The molecule has 0 atom stereocenters. The predicted molar refractivity (Wildman–Crippen MR) is 81.5 cm³/mol. The second-order valence-electron chi connectivity index (χ2n) is 4.68. The van der Waals surface area contributed by atoms with E-state index >= 15 is 0 Å². The van der Waals surface area contributed by atoms with Gasteiger partial charge in [0.25, 0.3) is 0 Å². The molecule has 3 aromatic heterocycles. The van der Waals surface area contributed by atoms with Crippen LogP contribution in [0.4, 0.5) is 0 Å². The molecule has 3 rings (SSSR count). The van der Waals surface area contributed by atoms with Crippen LogP contribution >= 0.6 is 11.3 Å². The highest BCUT2D eigenvalue weighted by atomic mass is 32.1. The van der Waals surface area contributed by atoms with E-state index < -0.39 is 0 Å². The van der Waals surface area contributed by atoms with Crippen LogP contribution in [0, 0.1) is 6.92 Å². The number of carbonyl (C=O) groups is 1. The molecule has 0 bridgehead atoms. The Morgan fingerprint density at radius 1 is 1.50 bits per heavy atom. The average molecular weight is 317 g/mol. The van der Waals surface area contributed by atoms with Gasteiger partial charge in [0.2, 0.25) is 5.82 Å². The van der Waals surface area contributed by atoms with Crippen LogP contribution < -0.4 is 5.32 Å². The minimum absolute atomic E-state index is 0.0118. The van der Waals surface area contributed by atoms with Crippen molar-refractivity contribution in [3.05, 3.63) is 41.6 Å². The van der Waals surface area contributed by atoms with Crippen molar-refractivity contribution in [3.8, 4) is 10.7 Å². The zero-order valence-corrected chi connectivity index (χ0v) is 12.8. The molecule has 0 saturated carbocycles. The predicted octanol–water partition coefficient (Wildman–Crippen LogP) is 2.12. The van der Waals surface area contributed by atoms with E-state index in [4.69, 9.17) is 4.52 Å². The lowest BCUT2D eigenvalue weighted by atomic mass is 10.4. The van der Waals surface area contributed by atoms with Gasteiger partial charge in [-0.3, -0.25) is 4.79 Å². The first-order valence-electron chi connectivity index (χ1n) is 6.87. The molecule has 0 aliphatic carbocycles. The number of carbonyl (C=O) groups excluding carboxylic acids is 1. The molecule has 0 unspecified atom stereocenters. The van der Waals surface area contributed by atoms with Crippen molar-refractivity contribution in [2.75, 3.05) is 6.54 Å². The van der Waals surface area contributed by atoms with Crippen molar-refractivity contribution in [2.24, 2.45) is 0 Å². The fraction of sp³-hybridized carbons (Fsp3) is 0.286. The molecule has 0 aliphatic rings. The normalized spacial score (nSPS) is 10.8. The minimum atomic E-state index is -0.349. The SMILES string of the molecule is Cc1nccn1CCCNC(=O)c1nc(-c2cccs2)no1. The van der Waals surface area contributed by atoms with E-state index in [1.165, 1.54) is 11.3 Å². The first kappa shape index (κ1) is 14.5. The zero-order chi connectivity index (χ0) is 15.4. The molecular weight excluding hydrogens is 302 g/mol. The second-order valence-corrected chi connectivity index (χ2v) is 5.63. The highest BCUT2D eigenvalue weighted by molar-refractivity contribution is 7.13. The number of thiophene rings is 1. The Labute approximate surface area is 131 Å². The Kier molecular flexibility index (Phi) is 4.29. The molecule has 1 amide bonds. The Bertz CT molecular complexity index is 747. The highest BCUT2D eigenvalue weighted by Gasteiger charge is 2.15. The molecule has 8 heteroatoms. The van der Waals surface area contributed by atoms with Gasteiger partial charge < -0.3 is 14.4 Å². The van der Waals surface area contributed by atoms with Gasteiger partial charge in [0.05, 0.1) is 4.88 Å². The van der Waals surface area contributed by atoms with Crippen LogP contribution in [0.3, 0.4) is 0 Å². The van der Waals surface area contributed by atoms with Crippen LogP contribution in [0.5, 0.6) is 0 Å². The number of hydrogen-bond acceptors (Lipinski definition) is 6. The van der Waals surface area contributed by atoms with E-state index in [1.807, 2.05) is 35.2 Å². The topological polar surface area (TPSA) is 85.8 Å². The molecule has 7 nitrogen and oxygen atoms in total. The third-order valence-corrected chi connectivity index (χ3v) is 4.01. The molecule has 3 aromatic rings.